The van der Waals surface area contributed by atoms with E-state index in [2.05, 4.69) is 101 Å². The lowest BCUT2D eigenvalue weighted by Gasteiger charge is -2.20. The Morgan fingerprint density at radius 2 is 1.57 bits per heavy atom. The predicted molar refractivity (Wildman–Crippen MR) is 118 cm³/mol. The molecule has 28 heavy (non-hydrogen) atoms. The van der Waals surface area contributed by atoms with E-state index in [4.69, 9.17) is 0 Å². The maximum Gasteiger partial charge on any atom is 0.0707 e. The van der Waals surface area contributed by atoms with Gasteiger partial charge in [-0.05, 0) is 24.6 Å². The fourth-order valence-electron chi connectivity index (χ4n) is 5.60. The van der Waals surface area contributed by atoms with E-state index >= 15 is 0 Å². The average Bonchev–Trinajstić information content (AvgIpc) is 3.29. The van der Waals surface area contributed by atoms with Crippen molar-refractivity contribution in [1.82, 2.24) is 9.13 Å². The van der Waals surface area contributed by atoms with E-state index < -0.39 is 0 Å². The molecular weight excluding hydrogens is 340 g/mol. The Balaban J connectivity index is 1.79. The Hall–Kier alpha value is -3.26. The summed E-state index contributed by atoms with van der Waals surface area (Å²) >= 11 is 0. The van der Waals surface area contributed by atoms with Crippen molar-refractivity contribution in [3.63, 3.8) is 0 Å². The number of aromatic nitrogens is 2. The SMILES string of the molecule is Cn1c2ccccc2c2c1ccc1c3ccccc3n(C34C=CC=CC3C4)c12. The van der Waals surface area contributed by atoms with Crippen LogP contribution >= 0.6 is 0 Å². The molecule has 5 aromatic rings. The van der Waals surface area contributed by atoms with Crippen LogP contribution in [0.3, 0.4) is 0 Å². The summed E-state index contributed by atoms with van der Waals surface area (Å²) in [6, 6.07) is 22.3. The molecule has 2 heteroatoms. The van der Waals surface area contributed by atoms with Crippen LogP contribution in [0.2, 0.25) is 0 Å². The molecule has 1 fully saturated rings. The minimum absolute atomic E-state index is 0.0847. The van der Waals surface area contributed by atoms with Crippen molar-refractivity contribution in [2.24, 2.45) is 13.0 Å². The summed E-state index contributed by atoms with van der Waals surface area (Å²) in [5.74, 6) is 0.599. The number of allylic oxidation sites excluding steroid dienone is 4. The number of fused-ring (bicyclic) bond motifs is 8. The standard InChI is InChI=1S/C26H20N2/c1-27-21-11-4-3-10-20(21)24-23(27)14-13-19-18-9-2-5-12-22(18)28(25(19)24)26-15-7-6-8-17(26)16-26/h2-15,17H,16H2,1H3. The van der Waals surface area contributed by atoms with Gasteiger partial charge in [0, 0.05) is 45.5 Å². The van der Waals surface area contributed by atoms with Gasteiger partial charge in [0.2, 0.25) is 0 Å². The highest BCUT2D eigenvalue weighted by atomic mass is 15.1. The Bertz CT molecular complexity index is 1510. The number of hydrogen-bond acceptors (Lipinski definition) is 0. The Kier molecular flexibility index (Phi) is 2.51. The number of para-hydroxylation sites is 2. The molecule has 0 N–H and O–H groups in total. The van der Waals surface area contributed by atoms with E-state index in [-0.39, 0.29) is 5.54 Å². The smallest absolute Gasteiger partial charge is 0.0707 e. The lowest BCUT2D eigenvalue weighted by atomic mass is 10.1. The van der Waals surface area contributed by atoms with E-state index in [1.807, 2.05) is 0 Å². The van der Waals surface area contributed by atoms with Crippen LogP contribution in [0.15, 0.2) is 85.0 Å². The first-order chi connectivity index (χ1) is 13.8. The molecule has 2 heterocycles. The van der Waals surface area contributed by atoms with E-state index in [9.17, 15) is 0 Å². The molecule has 2 aliphatic carbocycles. The van der Waals surface area contributed by atoms with Crippen LogP contribution in [0.4, 0.5) is 0 Å². The highest BCUT2D eigenvalue weighted by Crippen LogP contribution is 2.57. The lowest BCUT2D eigenvalue weighted by molar-refractivity contribution is 0.603. The lowest BCUT2D eigenvalue weighted by Crippen LogP contribution is -2.17. The summed E-state index contributed by atoms with van der Waals surface area (Å²) in [4.78, 5) is 0. The average molecular weight is 360 g/mol. The molecule has 2 aliphatic rings. The van der Waals surface area contributed by atoms with Gasteiger partial charge in [-0.3, -0.25) is 0 Å². The van der Waals surface area contributed by atoms with Crippen molar-refractivity contribution < 1.29 is 0 Å². The minimum atomic E-state index is 0.0847. The van der Waals surface area contributed by atoms with Crippen LogP contribution < -0.4 is 0 Å². The van der Waals surface area contributed by atoms with Gasteiger partial charge in [0.1, 0.15) is 0 Å². The van der Waals surface area contributed by atoms with Crippen LogP contribution in [0.5, 0.6) is 0 Å². The third-order valence-electron chi connectivity index (χ3n) is 7.00. The van der Waals surface area contributed by atoms with Gasteiger partial charge < -0.3 is 9.13 Å². The van der Waals surface area contributed by atoms with Gasteiger partial charge in [0.05, 0.1) is 16.6 Å². The molecule has 2 atom stereocenters. The maximum absolute atomic E-state index is 2.65. The molecule has 2 nitrogen and oxygen atoms in total. The molecule has 2 aromatic heterocycles. The molecule has 0 saturated heterocycles. The number of aryl methyl sites for hydroxylation is 1. The number of nitrogens with zero attached hydrogens (tertiary/aromatic N) is 2. The summed E-state index contributed by atoms with van der Waals surface area (Å²) in [6.45, 7) is 0. The molecule has 0 aliphatic heterocycles. The monoisotopic (exact) mass is 360 g/mol. The summed E-state index contributed by atoms with van der Waals surface area (Å²) in [5, 5.41) is 5.45. The van der Waals surface area contributed by atoms with E-state index in [0.29, 0.717) is 5.92 Å². The van der Waals surface area contributed by atoms with Crippen molar-refractivity contribution in [2.75, 3.05) is 0 Å². The predicted octanol–water partition coefficient (Wildman–Crippen LogP) is 6.28. The molecule has 134 valence electrons. The number of benzene rings is 3. The van der Waals surface area contributed by atoms with Crippen LogP contribution in [-0.2, 0) is 12.6 Å². The summed E-state index contributed by atoms with van der Waals surface area (Å²) in [7, 11) is 2.19. The van der Waals surface area contributed by atoms with Gasteiger partial charge in [0.15, 0.2) is 0 Å². The maximum atomic E-state index is 2.65. The highest BCUT2D eigenvalue weighted by molar-refractivity contribution is 6.25. The summed E-state index contributed by atoms with van der Waals surface area (Å²) in [6.07, 6.45) is 10.4. The van der Waals surface area contributed by atoms with Gasteiger partial charge in [-0.15, -0.1) is 0 Å². The van der Waals surface area contributed by atoms with Crippen molar-refractivity contribution in [1.29, 1.82) is 0 Å². The molecule has 3 aromatic carbocycles. The fraction of sp³-hybridized carbons (Fsp3) is 0.154. The van der Waals surface area contributed by atoms with Crippen molar-refractivity contribution in [2.45, 2.75) is 12.0 Å². The molecular formula is C26H20N2. The quantitative estimate of drug-likeness (QED) is 0.333. The second-order valence-electron chi connectivity index (χ2n) is 8.33. The zero-order valence-electron chi connectivity index (χ0n) is 15.8. The van der Waals surface area contributed by atoms with Gasteiger partial charge in [-0.1, -0.05) is 66.8 Å². The van der Waals surface area contributed by atoms with Gasteiger partial charge in [0.25, 0.3) is 0 Å². The van der Waals surface area contributed by atoms with E-state index in [0.717, 1.165) is 0 Å². The minimum Gasteiger partial charge on any atom is -0.344 e. The molecule has 0 amide bonds. The zero-order valence-corrected chi connectivity index (χ0v) is 15.8. The third-order valence-corrected chi connectivity index (χ3v) is 7.00. The molecule has 7 rings (SSSR count). The van der Waals surface area contributed by atoms with Crippen molar-refractivity contribution >= 4 is 43.6 Å². The van der Waals surface area contributed by atoms with Crippen LogP contribution in [0.1, 0.15) is 6.42 Å². The molecule has 1 saturated carbocycles. The summed E-state index contributed by atoms with van der Waals surface area (Å²) < 4.78 is 4.99. The summed E-state index contributed by atoms with van der Waals surface area (Å²) in [5.41, 5.74) is 5.42. The van der Waals surface area contributed by atoms with E-state index in [1.54, 1.807) is 0 Å². The Morgan fingerprint density at radius 1 is 0.786 bits per heavy atom. The molecule has 0 spiro atoms. The molecule has 0 radical (unpaired) electrons. The topological polar surface area (TPSA) is 9.86 Å². The van der Waals surface area contributed by atoms with E-state index in [1.165, 1.54) is 50.0 Å². The van der Waals surface area contributed by atoms with Crippen LogP contribution in [0, 0.1) is 5.92 Å². The second kappa shape index (κ2) is 4.77. The number of rotatable bonds is 1. The van der Waals surface area contributed by atoms with Gasteiger partial charge >= 0.3 is 0 Å². The van der Waals surface area contributed by atoms with Gasteiger partial charge in [-0.25, -0.2) is 0 Å². The normalized spacial score (nSPS) is 23.2. The highest BCUT2D eigenvalue weighted by Gasteiger charge is 2.54. The van der Waals surface area contributed by atoms with Crippen LogP contribution in [-0.4, -0.2) is 9.13 Å². The van der Waals surface area contributed by atoms with Crippen molar-refractivity contribution in [3.8, 4) is 0 Å². The third kappa shape index (κ3) is 1.57. The van der Waals surface area contributed by atoms with Crippen LogP contribution in [0.25, 0.3) is 43.6 Å². The first-order valence-corrected chi connectivity index (χ1v) is 10.1. The zero-order chi connectivity index (χ0) is 18.5. The van der Waals surface area contributed by atoms with Gasteiger partial charge in [-0.2, -0.15) is 0 Å². The first kappa shape index (κ1) is 14.8. The fourth-order valence-corrected chi connectivity index (χ4v) is 5.60. The molecule has 2 unspecified atom stereocenters. The largest absolute Gasteiger partial charge is 0.344 e. The first-order valence-electron chi connectivity index (χ1n) is 10.1. The molecule has 0 bridgehead atoms. The van der Waals surface area contributed by atoms with Crippen molar-refractivity contribution in [3.05, 3.63) is 85.0 Å². The second-order valence-corrected chi connectivity index (χ2v) is 8.33. The number of hydrogen-bond donors (Lipinski definition) is 0. The Labute approximate surface area is 163 Å². The Morgan fingerprint density at radius 3 is 2.43 bits per heavy atom.